The van der Waals surface area contributed by atoms with Crippen molar-refractivity contribution in [1.82, 2.24) is 10.2 Å². The normalized spacial score (nSPS) is 27.2. The van der Waals surface area contributed by atoms with E-state index in [9.17, 15) is 5.26 Å². The first kappa shape index (κ1) is 17.5. The van der Waals surface area contributed by atoms with E-state index in [1.807, 2.05) is 6.92 Å². The average molecular weight is 279 g/mol. The topological polar surface area (TPSA) is 39.1 Å². The lowest BCUT2D eigenvalue weighted by molar-refractivity contribution is 0.126. The molecule has 1 fully saturated rings. The predicted molar refractivity (Wildman–Crippen MR) is 85.6 cm³/mol. The van der Waals surface area contributed by atoms with Crippen molar-refractivity contribution in [2.75, 3.05) is 13.1 Å². The molecular weight excluding hydrogens is 246 g/mol. The molecule has 3 nitrogen and oxygen atoms in total. The Morgan fingerprint density at radius 1 is 1.35 bits per heavy atom. The van der Waals surface area contributed by atoms with Gasteiger partial charge in [-0.15, -0.1) is 0 Å². The van der Waals surface area contributed by atoms with Gasteiger partial charge < -0.3 is 4.90 Å². The van der Waals surface area contributed by atoms with Crippen LogP contribution in [-0.2, 0) is 0 Å². The Balaban J connectivity index is 2.25. The number of rotatable bonds is 7. The van der Waals surface area contributed by atoms with Gasteiger partial charge in [0.2, 0.25) is 0 Å². The highest BCUT2D eigenvalue weighted by Gasteiger charge is 2.25. The van der Waals surface area contributed by atoms with Crippen LogP contribution in [0.25, 0.3) is 0 Å². The molecule has 3 heteroatoms. The molecule has 0 aromatic rings. The molecule has 0 aromatic carbocycles. The summed E-state index contributed by atoms with van der Waals surface area (Å²) in [6, 6.07) is 3.53. The molecule has 0 amide bonds. The van der Waals surface area contributed by atoms with Crippen LogP contribution >= 0.6 is 0 Å². The van der Waals surface area contributed by atoms with E-state index in [4.69, 9.17) is 0 Å². The first-order valence-corrected chi connectivity index (χ1v) is 8.29. The van der Waals surface area contributed by atoms with Crippen molar-refractivity contribution in [2.24, 2.45) is 5.92 Å². The minimum Gasteiger partial charge on any atom is -0.301 e. The first-order valence-electron chi connectivity index (χ1n) is 8.29. The van der Waals surface area contributed by atoms with Gasteiger partial charge in [-0.05, 0) is 78.8 Å². The Kier molecular flexibility index (Phi) is 6.99. The summed E-state index contributed by atoms with van der Waals surface area (Å²) in [4.78, 5) is 2.62. The van der Waals surface area contributed by atoms with Gasteiger partial charge in [-0.3, -0.25) is 5.32 Å². The Labute approximate surface area is 125 Å². The molecule has 1 rings (SSSR count). The zero-order valence-electron chi connectivity index (χ0n) is 14.1. The fourth-order valence-electron chi connectivity index (χ4n) is 3.38. The molecule has 3 atom stereocenters. The summed E-state index contributed by atoms with van der Waals surface area (Å²) in [6.07, 6.45) is 5.96. The SMILES string of the molecule is CC1CCN(CCCCC(C)(C#N)NC(C)C)C(C)C1. The number of piperidine rings is 1. The van der Waals surface area contributed by atoms with E-state index in [0.717, 1.165) is 24.8 Å². The van der Waals surface area contributed by atoms with Gasteiger partial charge in [0.05, 0.1) is 6.07 Å². The monoisotopic (exact) mass is 279 g/mol. The molecule has 0 radical (unpaired) electrons. The van der Waals surface area contributed by atoms with Gasteiger partial charge in [-0.2, -0.15) is 5.26 Å². The van der Waals surface area contributed by atoms with Gasteiger partial charge in [0, 0.05) is 12.1 Å². The summed E-state index contributed by atoms with van der Waals surface area (Å²) in [6.45, 7) is 13.4. The zero-order chi connectivity index (χ0) is 15.2. The van der Waals surface area contributed by atoms with Gasteiger partial charge in [0.25, 0.3) is 0 Å². The third-order valence-corrected chi connectivity index (χ3v) is 4.50. The summed E-state index contributed by atoms with van der Waals surface area (Å²) >= 11 is 0. The second-order valence-electron chi connectivity index (χ2n) is 7.21. The molecule has 1 saturated heterocycles. The zero-order valence-corrected chi connectivity index (χ0v) is 14.1. The average Bonchev–Trinajstić information content (AvgIpc) is 2.36. The number of nitrogens with zero attached hydrogens (tertiary/aromatic N) is 2. The van der Waals surface area contributed by atoms with E-state index in [0.29, 0.717) is 6.04 Å². The van der Waals surface area contributed by atoms with E-state index in [1.54, 1.807) is 0 Å². The molecule has 0 saturated carbocycles. The maximum absolute atomic E-state index is 9.33. The second-order valence-corrected chi connectivity index (χ2v) is 7.21. The summed E-state index contributed by atoms with van der Waals surface area (Å²) in [7, 11) is 0. The van der Waals surface area contributed by atoms with Crippen molar-refractivity contribution in [1.29, 1.82) is 5.26 Å². The van der Waals surface area contributed by atoms with E-state index in [1.165, 1.54) is 32.4 Å². The van der Waals surface area contributed by atoms with Crippen LogP contribution in [-0.4, -0.2) is 35.6 Å². The van der Waals surface area contributed by atoms with Crippen molar-refractivity contribution in [2.45, 2.75) is 84.3 Å². The summed E-state index contributed by atoms with van der Waals surface area (Å²) in [5.74, 6) is 0.887. The van der Waals surface area contributed by atoms with Crippen LogP contribution in [0.1, 0.15) is 66.7 Å². The number of hydrogen-bond donors (Lipinski definition) is 1. The fraction of sp³-hybridized carbons (Fsp3) is 0.941. The Bertz CT molecular complexity index is 321. The Morgan fingerprint density at radius 2 is 2.05 bits per heavy atom. The Hall–Kier alpha value is -0.590. The summed E-state index contributed by atoms with van der Waals surface area (Å²) in [5, 5.41) is 12.7. The minimum absolute atomic E-state index is 0.364. The van der Waals surface area contributed by atoms with Crippen molar-refractivity contribution in [3.05, 3.63) is 0 Å². The fourth-order valence-corrected chi connectivity index (χ4v) is 3.38. The van der Waals surface area contributed by atoms with Crippen LogP contribution < -0.4 is 5.32 Å². The molecule has 20 heavy (non-hydrogen) atoms. The van der Waals surface area contributed by atoms with E-state index >= 15 is 0 Å². The number of likely N-dealkylation sites (tertiary alicyclic amines) is 1. The van der Waals surface area contributed by atoms with E-state index in [-0.39, 0.29) is 5.54 Å². The molecule has 1 heterocycles. The van der Waals surface area contributed by atoms with Crippen molar-refractivity contribution < 1.29 is 0 Å². The van der Waals surface area contributed by atoms with E-state index < -0.39 is 0 Å². The molecule has 0 aliphatic carbocycles. The molecule has 1 aliphatic heterocycles. The second kappa shape index (κ2) is 8.00. The quantitative estimate of drug-likeness (QED) is 0.724. The van der Waals surface area contributed by atoms with Gasteiger partial charge in [0.1, 0.15) is 5.54 Å². The third kappa shape index (κ3) is 5.81. The van der Waals surface area contributed by atoms with Crippen LogP contribution in [0.4, 0.5) is 0 Å². The third-order valence-electron chi connectivity index (χ3n) is 4.50. The van der Waals surface area contributed by atoms with Gasteiger partial charge >= 0.3 is 0 Å². The number of hydrogen-bond acceptors (Lipinski definition) is 3. The molecule has 0 bridgehead atoms. The van der Waals surface area contributed by atoms with Crippen molar-refractivity contribution in [3.8, 4) is 6.07 Å². The standard InChI is InChI=1S/C17H33N3/c1-14(2)19-17(5,13-18)9-6-7-10-20-11-8-15(3)12-16(20)4/h14-16,19H,6-12H2,1-5H3. The molecule has 0 spiro atoms. The van der Waals surface area contributed by atoms with Crippen LogP contribution in [0.3, 0.4) is 0 Å². The van der Waals surface area contributed by atoms with Crippen molar-refractivity contribution >= 4 is 0 Å². The molecule has 0 aromatic heterocycles. The van der Waals surface area contributed by atoms with Gasteiger partial charge in [-0.1, -0.05) is 6.92 Å². The Morgan fingerprint density at radius 3 is 2.60 bits per heavy atom. The molecule has 116 valence electrons. The summed E-state index contributed by atoms with van der Waals surface area (Å²) in [5.41, 5.74) is -0.365. The minimum atomic E-state index is -0.365. The maximum Gasteiger partial charge on any atom is 0.104 e. The lowest BCUT2D eigenvalue weighted by Gasteiger charge is -2.36. The van der Waals surface area contributed by atoms with Crippen LogP contribution in [0, 0.1) is 17.2 Å². The lowest BCUT2D eigenvalue weighted by Crippen LogP contribution is -2.45. The smallest absolute Gasteiger partial charge is 0.104 e. The van der Waals surface area contributed by atoms with E-state index in [2.05, 4.69) is 44.0 Å². The van der Waals surface area contributed by atoms with Crippen LogP contribution in [0.5, 0.6) is 0 Å². The maximum atomic E-state index is 9.33. The first-order chi connectivity index (χ1) is 9.36. The molecule has 1 N–H and O–H groups in total. The highest BCUT2D eigenvalue weighted by Crippen LogP contribution is 2.23. The predicted octanol–water partition coefficient (Wildman–Crippen LogP) is 3.56. The number of nitriles is 1. The van der Waals surface area contributed by atoms with Gasteiger partial charge in [0.15, 0.2) is 0 Å². The van der Waals surface area contributed by atoms with Gasteiger partial charge in [-0.25, -0.2) is 0 Å². The highest BCUT2D eigenvalue weighted by molar-refractivity contribution is 5.04. The molecule has 3 unspecified atom stereocenters. The van der Waals surface area contributed by atoms with Crippen molar-refractivity contribution in [3.63, 3.8) is 0 Å². The largest absolute Gasteiger partial charge is 0.301 e. The number of unbranched alkanes of at least 4 members (excludes halogenated alkanes) is 1. The van der Waals surface area contributed by atoms with Crippen LogP contribution in [0.15, 0.2) is 0 Å². The lowest BCUT2D eigenvalue weighted by atomic mass is 9.92. The molecule has 1 aliphatic rings. The molecular formula is C17H33N3. The highest BCUT2D eigenvalue weighted by atomic mass is 15.2. The number of nitrogens with one attached hydrogen (secondary N) is 1. The van der Waals surface area contributed by atoms with Crippen LogP contribution in [0.2, 0.25) is 0 Å². The summed E-state index contributed by atoms with van der Waals surface area (Å²) < 4.78 is 0.